The molecule has 0 aliphatic heterocycles. The van der Waals surface area contributed by atoms with Crippen molar-refractivity contribution in [1.82, 2.24) is 0 Å². The monoisotopic (exact) mass is 345 g/mol. The van der Waals surface area contributed by atoms with E-state index in [1.807, 2.05) is 25.1 Å². The Morgan fingerprint density at radius 1 is 1.24 bits per heavy atom. The first-order valence-corrected chi connectivity index (χ1v) is 7.13. The van der Waals surface area contributed by atoms with Crippen molar-refractivity contribution >= 4 is 38.5 Å². The lowest BCUT2D eigenvalue weighted by Crippen LogP contribution is -2.12. The third-order valence-electron chi connectivity index (χ3n) is 3.26. The first-order chi connectivity index (χ1) is 10.1. The quantitative estimate of drug-likeness (QED) is 0.674. The van der Waals surface area contributed by atoms with Crippen LogP contribution in [0.2, 0.25) is 0 Å². The molecule has 0 atom stereocenters. The number of hydrogen-bond donors (Lipinski definition) is 2. The smallest absolute Gasteiger partial charge is 0.291 e. The van der Waals surface area contributed by atoms with Gasteiger partial charge in [-0.1, -0.05) is 28.1 Å². The Morgan fingerprint density at radius 2 is 2.00 bits per heavy atom. The molecule has 3 rings (SSSR count). The molecule has 4 nitrogen and oxygen atoms in total. The van der Waals surface area contributed by atoms with Gasteiger partial charge in [-0.2, -0.15) is 0 Å². The Bertz CT molecular complexity index is 839. The van der Waals surface area contributed by atoms with Crippen molar-refractivity contribution in [3.63, 3.8) is 0 Å². The summed E-state index contributed by atoms with van der Waals surface area (Å²) in [7, 11) is 0. The number of rotatable bonds is 2. The standard InChI is InChI=1S/C16H12BrNO3/c1-9-11-8-10(17)6-7-14(11)21-15(9)16(20)18-12-4-2-3-5-13(12)19/h2-8,19H,1H3,(H,18,20). The maximum absolute atomic E-state index is 12.3. The Balaban J connectivity index is 1.99. The SMILES string of the molecule is Cc1c(C(=O)Nc2ccccc2O)oc2ccc(Br)cc12. The molecule has 3 aromatic rings. The fourth-order valence-corrected chi connectivity index (χ4v) is 2.53. The second-order valence-corrected chi connectivity index (χ2v) is 5.58. The van der Waals surface area contributed by atoms with Gasteiger partial charge in [0.25, 0.3) is 5.91 Å². The van der Waals surface area contributed by atoms with E-state index in [0.717, 1.165) is 15.4 Å². The normalized spacial score (nSPS) is 10.8. The molecule has 0 aliphatic rings. The number of nitrogens with one attached hydrogen (secondary N) is 1. The van der Waals surface area contributed by atoms with Gasteiger partial charge in [-0.05, 0) is 37.3 Å². The fraction of sp³-hybridized carbons (Fsp3) is 0.0625. The third-order valence-corrected chi connectivity index (χ3v) is 3.75. The first kappa shape index (κ1) is 13.7. The van der Waals surface area contributed by atoms with Crippen molar-refractivity contribution < 1.29 is 14.3 Å². The van der Waals surface area contributed by atoms with Gasteiger partial charge in [-0.15, -0.1) is 0 Å². The van der Waals surface area contributed by atoms with Crippen LogP contribution < -0.4 is 5.32 Å². The molecular formula is C16H12BrNO3. The fourth-order valence-electron chi connectivity index (χ4n) is 2.17. The Hall–Kier alpha value is -2.27. The lowest BCUT2D eigenvalue weighted by molar-refractivity contribution is 0.0997. The van der Waals surface area contributed by atoms with Crippen LogP contribution in [-0.2, 0) is 0 Å². The average Bonchev–Trinajstić information content (AvgIpc) is 2.79. The predicted octanol–water partition coefficient (Wildman–Crippen LogP) is 4.46. The molecule has 2 aromatic carbocycles. The molecule has 0 aliphatic carbocycles. The summed E-state index contributed by atoms with van der Waals surface area (Å²) in [6.07, 6.45) is 0. The number of hydrogen-bond acceptors (Lipinski definition) is 3. The van der Waals surface area contributed by atoms with E-state index in [0.29, 0.717) is 11.3 Å². The molecule has 0 bridgehead atoms. The molecule has 1 heterocycles. The van der Waals surface area contributed by atoms with Crippen LogP contribution in [0.4, 0.5) is 5.69 Å². The molecule has 21 heavy (non-hydrogen) atoms. The van der Waals surface area contributed by atoms with Crippen LogP contribution >= 0.6 is 15.9 Å². The zero-order valence-electron chi connectivity index (χ0n) is 11.2. The number of para-hydroxylation sites is 2. The van der Waals surface area contributed by atoms with E-state index in [1.54, 1.807) is 18.2 Å². The van der Waals surface area contributed by atoms with Gasteiger partial charge in [0.15, 0.2) is 5.76 Å². The van der Waals surface area contributed by atoms with Crippen molar-refractivity contribution in [3.05, 3.63) is 58.3 Å². The minimum Gasteiger partial charge on any atom is -0.506 e. The van der Waals surface area contributed by atoms with Crippen molar-refractivity contribution in [3.8, 4) is 5.75 Å². The summed E-state index contributed by atoms with van der Waals surface area (Å²) in [5.41, 5.74) is 1.76. The molecule has 5 heteroatoms. The Kier molecular flexibility index (Phi) is 3.43. The highest BCUT2D eigenvalue weighted by Crippen LogP contribution is 2.29. The number of amides is 1. The molecule has 106 valence electrons. The van der Waals surface area contributed by atoms with Gasteiger partial charge in [0.2, 0.25) is 0 Å². The zero-order valence-corrected chi connectivity index (χ0v) is 12.8. The van der Waals surface area contributed by atoms with Crippen LogP contribution in [0.15, 0.2) is 51.4 Å². The zero-order chi connectivity index (χ0) is 15.0. The van der Waals surface area contributed by atoms with Gasteiger partial charge in [0.05, 0.1) is 5.69 Å². The van der Waals surface area contributed by atoms with Crippen LogP contribution in [0.1, 0.15) is 16.1 Å². The summed E-state index contributed by atoms with van der Waals surface area (Å²) >= 11 is 3.40. The summed E-state index contributed by atoms with van der Waals surface area (Å²) in [5.74, 6) is -0.130. The van der Waals surface area contributed by atoms with Gasteiger partial charge < -0.3 is 14.8 Å². The molecule has 0 unspecified atom stereocenters. The van der Waals surface area contributed by atoms with Crippen molar-refractivity contribution in [2.75, 3.05) is 5.32 Å². The molecular weight excluding hydrogens is 334 g/mol. The summed E-state index contributed by atoms with van der Waals surface area (Å²) in [4.78, 5) is 12.3. The minimum atomic E-state index is -0.388. The van der Waals surface area contributed by atoms with Crippen LogP contribution in [0.5, 0.6) is 5.75 Å². The van der Waals surface area contributed by atoms with Crippen molar-refractivity contribution in [2.24, 2.45) is 0 Å². The maximum atomic E-state index is 12.3. The topological polar surface area (TPSA) is 62.5 Å². The summed E-state index contributed by atoms with van der Waals surface area (Å²) < 4.78 is 6.54. The Morgan fingerprint density at radius 3 is 2.76 bits per heavy atom. The van der Waals surface area contributed by atoms with Gasteiger partial charge >= 0.3 is 0 Å². The highest BCUT2D eigenvalue weighted by Gasteiger charge is 2.18. The number of phenolic OH excluding ortho intramolecular Hbond substituents is 1. The van der Waals surface area contributed by atoms with Crippen LogP contribution in [0.3, 0.4) is 0 Å². The van der Waals surface area contributed by atoms with Crippen LogP contribution in [0.25, 0.3) is 11.0 Å². The van der Waals surface area contributed by atoms with E-state index in [-0.39, 0.29) is 17.4 Å². The second-order valence-electron chi connectivity index (χ2n) is 4.67. The first-order valence-electron chi connectivity index (χ1n) is 6.34. The van der Waals surface area contributed by atoms with E-state index in [1.165, 1.54) is 6.07 Å². The van der Waals surface area contributed by atoms with E-state index in [9.17, 15) is 9.90 Å². The number of aromatic hydroxyl groups is 1. The third kappa shape index (κ3) is 2.52. The molecule has 1 amide bonds. The Labute approximate surface area is 129 Å². The molecule has 0 saturated heterocycles. The average molecular weight is 346 g/mol. The number of carbonyl (C=O) groups is 1. The lowest BCUT2D eigenvalue weighted by Gasteiger charge is -2.05. The number of furan rings is 1. The van der Waals surface area contributed by atoms with Crippen LogP contribution in [-0.4, -0.2) is 11.0 Å². The highest BCUT2D eigenvalue weighted by molar-refractivity contribution is 9.10. The number of halogens is 1. The molecule has 0 radical (unpaired) electrons. The van der Waals surface area contributed by atoms with Gasteiger partial charge in [-0.3, -0.25) is 4.79 Å². The maximum Gasteiger partial charge on any atom is 0.291 e. The molecule has 0 saturated carbocycles. The molecule has 0 spiro atoms. The second kappa shape index (κ2) is 5.26. The van der Waals surface area contributed by atoms with Crippen molar-refractivity contribution in [1.29, 1.82) is 0 Å². The lowest BCUT2D eigenvalue weighted by atomic mass is 10.1. The van der Waals surface area contributed by atoms with E-state index < -0.39 is 0 Å². The van der Waals surface area contributed by atoms with Crippen LogP contribution in [0, 0.1) is 6.92 Å². The molecule has 0 fully saturated rings. The number of benzene rings is 2. The highest BCUT2D eigenvalue weighted by atomic mass is 79.9. The van der Waals surface area contributed by atoms with Gasteiger partial charge in [0.1, 0.15) is 11.3 Å². The number of anilines is 1. The number of carbonyl (C=O) groups excluding carboxylic acids is 1. The molecule has 1 aromatic heterocycles. The minimum absolute atomic E-state index is 0.0161. The van der Waals surface area contributed by atoms with Gasteiger partial charge in [-0.25, -0.2) is 0 Å². The van der Waals surface area contributed by atoms with Gasteiger partial charge in [0, 0.05) is 15.4 Å². The summed E-state index contributed by atoms with van der Waals surface area (Å²) in [6.45, 7) is 1.83. The van der Waals surface area contributed by atoms with E-state index in [2.05, 4.69) is 21.2 Å². The summed E-state index contributed by atoms with van der Waals surface area (Å²) in [5, 5.41) is 13.2. The molecule has 2 N–H and O–H groups in total. The van der Waals surface area contributed by atoms with E-state index in [4.69, 9.17) is 4.42 Å². The number of fused-ring (bicyclic) bond motifs is 1. The number of aryl methyl sites for hydroxylation is 1. The van der Waals surface area contributed by atoms with Crippen molar-refractivity contribution in [2.45, 2.75) is 6.92 Å². The predicted molar refractivity (Wildman–Crippen MR) is 84.7 cm³/mol. The summed E-state index contributed by atoms with van der Waals surface area (Å²) in [6, 6.07) is 12.1. The largest absolute Gasteiger partial charge is 0.506 e. The van der Waals surface area contributed by atoms with E-state index >= 15 is 0 Å². The number of phenols is 1.